The van der Waals surface area contributed by atoms with Gasteiger partial charge >= 0.3 is 0 Å². The van der Waals surface area contributed by atoms with Crippen molar-refractivity contribution in [2.75, 3.05) is 29.0 Å². The minimum Gasteiger partial charge on any atom is -0.397 e. The summed E-state index contributed by atoms with van der Waals surface area (Å²) in [6.07, 6.45) is 2.43. The molecule has 3 rings (SSSR count). The van der Waals surface area contributed by atoms with Crippen LogP contribution in [0.25, 0.3) is 0 Å². The highest BCUT2D eigenvalue weighted by molar-refractivity contribution is 6.37. The van der Waals surface area contributed by atoms with Gasteiger partial charge in [0.05, 0.1) is 22.0 Å². The number of rotatable bonds is 3. The summed E-state index contributed by atoms with van der Waals surface area (Å²) in [4.78, 5) is 15.0. The Balaban J connectivity index is 1.87. The van der Waals surface area contributed by atoms with Gasteiger partial charge in [-0.1, -0.05) is 30.1 Å². The summed E-state index contributed by atoms with van der Waals surface area (Å²) >= 11 is 12.0. The Morgan fingerprint density at radius 1 is 1.27 bits per heavy atom. The van der Waals surface area contributed by atoms with E-state index >= 15 is 0 Å². The van der Waals surface area contributed by atoms with Gasteiger partial charge in [-0.15, -0.1) is 0 Å². The van der Waals surface area contributed by atoms with Crippen LogP contribution in [0.15, 0.2) is 30.3 Å². The van der Waals surface area contributed by atoms with Crippen LogP contribution in [0.1, 0.15) is 35.7 Å². The predicted octanol–water partition coefficient (Wildman–Crippen LogP) is 5.37. The second-order valence-corrected chi connectivity index (χ2v) is 7.84. The van der Waals surface area contributed by atoms with Crippen LogP contribution in [-0.4, -0.2) is 19.0 Å². The summed E-state index contributed by atoms with van der Waals surface area (Å²) in [5.74, 6) is 0.354. The summed E-state index contributed by atoms with van der Waals surface area (Å²) in [6.45, 7) is 6.35. The molecule has 0 aromatic heterocycles. The van der Waals surface area contributed by atoms with Gasteiger partial charge in [0.15, 0.2) is 0 Å². The van der Waals surface area contributed by atoms with Gasteiger partial charge in [-0.05, 0) is 61.6 Å². The van der Waals surface area contributed by atoms with Crippen molar-refractivity contribution in [1.29, 1.82) is 0 Å². The van der Waals surface area contributed by atoms with Crippen LogP contribution in [0, 0.1) is 12.8 Å². The van der Waals surface area contributed by atoms with E-state index in [1.54, 1.807) is 18.2 Å². The van der Waals surface area contributed by atoms with E-state index in [-0.39, 0.29) is 5.91 Å². The lowest BCUT2D eigenvalue weighted by molar-refractivity contribution is 0.102. The largest absolute Gasteiger partial charge is 0.397 e. The minimum atomic E-state index is -0.305. The number of anilines is 3. The Kier molecular flexibility index (Phi) is 5.64. The smallest absolute Gasteiger partial charge is 0.257 e. The molecule has 2 aromatic rings. The summed E-state index contributed by atoms with van der Waals surface area (Å²) < 4.78 is 0. The van der Waals surface area contributed by atoms with Crippen molar-refractivity contribution in [2.45, 2.75) is 26.7 Å². The summed E-state index contributed by atoms with van der Waals surface area (Å²) in [5, 5.41) is 3.69. The summed E-state index contributed by atoms with van der Waals surface area (Å²) in [5.41, 5.74) is 9.87. The molecule has 2 aromatic carbocycles. The maximum atomic E-state index is 12.6. The number of benzene rings is 2. The molecule has 1 aliphatic rings. The van der Waals surface area contributed by atoms with Crippen LogP contribution >= 0.6 is 23.2 Å². The number of carbonyl (C=O) groups is 1. The highest BCUT2D eigenvalue weighted by atomic mass is 35.5. The van der Waals surface area contributed by atoms with Crippen molar-refractivity contribution in [3.8, 4) is 0 Å². The van der Waals surface area contributed by atoms with Crippen molar-refractivity contribution in [3.63, 3.8) is 0 Å². The molecule has 0 aliphatic carbocycles. The maximum absolute atomic E-state index is 12.6. The molecule has 0 spiro atoms. The Morgan fingerprint density at radius 2 is 2.04 bits per heavy atom. The molecule has 4 nitrogen and oxygen atoms in total. The molecule has 0 radical (unpaired) electrons. The zero-order valence-electron chi connectivity index (χ0n) is 15.0. The van der Waals surface area contributed by atoms with Crippen LogP contribution in [0.5, 0.6) is 0 Å². The van der Waals surface area contributed by atoms with Crippen LogP contribution in [0.4, 0.5) is 17.1 Å². The highest BCUT2D eigenvalue weighted by Crippen LogP contribution is 2.33. The number of amides is 1. The van der Waals surface area contributed by atoms with Crippen LogP contribution < -0.4 is 16.0 Å². The topological polar surface area (TPSA) is 58.4 Å². The molecule has 0 saturated carbocycles. The number of halogens is 2. The Labute approximate surface area is 164 Å². The second-order valence-electron chi connectivity index (χ2n) is 7.00. The van der Waals surface area contributed by atoms with Gasteiger partial charge in [0.1, 0.15) is 0 Å². The first-order chi connectivity index (χ1) is 12.3. The molecule has 26 heavy (non-hydrogen) atoms. The number of carbonyl (C=O) groups excluding carboxylic acids is 1. The van der Waals surface area contributed by atoms with Gasteiger partial charge < -0.3 is 16.0 Å². The Morgan fingerprint density at radius 3 is 2.73 bits per heavy atom. The first-order valence-electron chi connectivity index (χ1n) is 8.76. The van der Waals surface area contributed by atoms with Crippen LogP contribution in [-0.2, 0) is 0 Å². The molecule has 0 bridgehead atoms. The fraction of sp³-hybridized carbons (Fsp3) is 0.350. The number of nitrogens with one attached hydrogen (secondary N) is 1. The van der Waals surface area contributed by atoms with Crippen molar-refractivity contribution in [3.05, 3.63) is 51.5 Å². The number of nitrogen functional groups attached to an aromatic ring is 1. The number of aryl methyl sites for hydroxylation is 1. The third kappa shape index (κ3) is 4.08. The predicted molar refractivity (Wildman–Crippen MR) is 111 cm³/mol. The maximum Gasteiger partial charge on any atom is 0.257 e. The number of hydrogen-bond acceptors (Lipinski definition) is 3. The molecule has 1 aliphatic heterocycles. The van der Waals surface area contributed by atoms with E-state index in [9.17, 15) is 4.79 Å². The van der Waals surface area contributed by atoms with E-state index in [1.807, 2.05) is 19.1 Å². The zero-order chi connectivity index (χ0) is 18.8. The van der Waals surface area contributed by atoms with Crippen molar-refractivity contribution >= 4 is 46.2 Å². The Hall–Kier alpha value is -1.91. The average molecular weight is 392 g/mol. The lowest BCUT2D eigenvalue weighted by Gasteiger charge is -2.34. The minimum absolute atomic E-state index is 0.305. The van der Waals surface area contributed by atoms with Crippen molar-refractivity contribution in [1.82, 2.24) is 0 Å². The van der Waals surface area contributed by atoms with Crippen molar-refractivity contribution < 1.29 is 4.79 Å². The highest BCUT2D eigenvalue weighted by Gasteiger charge is 2.20. The summed E-state index contributed by atoms with van der Waals surface area (Å²) in [7, 11) is 0. The standard InChI is InChI=1S/C20H23Cl2N3O/c1-12-4-3-7-25(11-12)19-10-18(17(23)8-13(19)2)24-20(26)15-6-5-14(21)9-16(15)22/h5-6,8-10,12H,3-4,7,11,23H2,1-2H3,(H,24,26)/t12-/m0/s1. The van der Waals surface area contributed by atoms with Gasteiger partial charge in [0.25, 0.3) is 5.91 Å². The molecule has 3 N–H and O–H groups in total. The molecule has 6 heteroatoms. The van der Waals surface area contributed by atoms with E-state index < -0.39 is 0 Å². The Bertz CT molecular complexity index is 838. The monoisotopic (exact) mass is 391 g/mol. The third-order valence-electron chi connectivity index (χ3n) is 4.79. The second kappa shape index (κ2) is 7.77. The molecule has 1 atom stereocenters. The molecular weight excluding hydrogens is 369 g/mol. The van der Waals surface area contributed by atoms with E-state index in [4.69, 9.17) is 28.9 Å². The number of nitrogens with zero attached hydrogens (tertiary/aromatic N) is 1. The number of hydrogen-bond donors (Lipinski definition) is 2. The van der Waals surface area contributed by atoms with Crippen LogP contribution in [0.2, 0.25) is 10.0 Å². The van der Waals surface area contributed by atoms with Crippen molar-refractivity contribution in [2.24, 2.45) is 5.92 Å². The lowest BCUT2D eigenvalue weighted by Crippen LogP contribution is -2.34. The van der Waals surface area contributed by atoms with Crippen LogP contribution in [0.3, 0.4) is 0 Å². The van der Waals surface area contributed by atoms with E-state index in [2.05, 4.69) is 17.1 Å². The third-order valence-corrected chi connectivity index (χ3v) is 5.34. The van der Waals surface area contributed by atoms with E-state index in [1.165, 1.54) is 12.8 Å². The molecule has 138 valence electrons. The zero-order valence-corrected chi connectivity index (χ0v) is 16.5. The average Bonchev–Trinajstić information content (AvgIpc) is 2.57. The molecule has 0 unspecified atom stereocenters. The number of nitrogens with two attached hydrogens (primary N) is 1. The summed E-state index contributed by atoms with van der Waals surface area (Å²) in [6, 6.07) is 8.67. The van der Waals surface area contributed by atoms with Gasteiger partial charge in [-0.2, -0.15) is 0 Å². The van der Waals surface area contributed by atoms with Gasteiger partial charge in [0.2, 0.25) is 0 Å². The lowest BCUT2D eigenvalue weighted by atomic mass is 9.98. The molecule has 1 saturated heterocycles. The first-order valence-corrected chi connectivity index (χ1v) is 9.52. The normalized spacial score (nSPS) is 17.2. The first kappa shape index (κ1) is 18.9. The van der Waals surface area contributed by atoms with Gasteiger partial charge in [-0.3, -0.25) is 4.79 Å². The van der Waals surface area contributed by atoms with E-state index in [0.717, 1.165) is 24.3 Å². The quantitative estimate of drug-likeness (QED) is 0.691. The molecule has 1 heterocycles. The van der Waals surface area contributed by atoms with Gasteiger partial charge in [-0.25, -0.2) is 0 Å². The fourth-order valence-corrected chi connectivity index (χ4v) is 3.93. The SMILES string of the molecule is Cc1cc(N)c(NC(=O)c2ccc(Cl)cc2Cl)cc1N1CCC[C@H](C)C1. The molecular formula is C20H23Cl2N3O. The van der Waals surface area contributed by atoms with E-state index in [0.29, 0.717) is 32.9 Å². The van der Waals surface area contributed by atoms with Gasteiger partial charge in [0, 0.05) is 23.8 Å². The fourth-order valence-electron chi connectivity index (χ4n) is 3.44. The number of piperidine rings is 1. The molecule has 1 amide bonds. The molecule has 1 fully saturated rings.